The predicted molar refractivity (Wildman–Crippen MR) is 76.9 cm³/mol. The molecule has 0 radical (unpaired) electrons. The topological polar surface area (TPSA) is 62.5 Å². The number of hydrogen-bond acceptors (Lipinski definition) is 3. The van der Waals surface area contributed by atoms with Crippen molar-refractivity contribution in [3.63, 3.8) is 0 Å². The lowest BCUT2D eigenvalue weighted by molar-refractivity contribution is -0.116. The first-order chi connectivity index (χ1) is 9.74. The zero-order chi connectivity index (χ0) is 14.2. The Kier molecular flexibility index (Phi) is 5.15. The quantitative estimate of drug-likeness (QED) is 0.790. The predicted octanol–water partition coefficient (Wildman–Crippen LogP) is 2.01. The molecule has 0 fully saturated rings. The fourth-order valence-corrected chi connectivity index (χ4v) is 1.78. The number of furan rings is 1. The number of benzene rings is 1. The zero-order valence-corrected chi connectivity index (χ0v) is 11.0. The summed E-state index contributed by atoms with van der Waals surface area (Å²) < 4.78 is 4.89. The first-order valence-electron chi connectivity index (χ1n) is 6.44. The highest BCUT2D eigenvalue weighted by atomic mass is 16.3. The van der Waals surface area contributed by atoms with Crippen molar-refractivity contribution in [3.8, 4) is 0 Å². The number of carbonyl (C=O) groups is 1. The van der Waals surface area contributed by atoms with E-state index in [2.05, 4.69) is 5.32 Å². The first-order valence-corrected chi connectivity index (χ1v) is 6.44. The van der Waals surface area contributed by atoms with Crippen LogP contribution in [0.3, 0.4) is 0 Å². The van der Waals surface area contributed by atoms with Gasteiger partial charge >= 0.3 is 0 Å². The molecule has 0 bridgehead atoms. The van der Waals surface area contributed by atoms with Gasteiger partial charge in [0.15, 0.2) is 0 Å². The number of aliphatic hydroxyl groups is 1. The molecule has 0 aliphatic carbocycles. The van der Waals surface area contributed by atoms with Gasteiger partial charge in [-0.25, -0.2) is 0 Å². The number of carbonyl (C=O) groups excluding carboxylic acids is 1. The van der Waals surface area contributed by atoms with E-state index >= 15 is 0 Å². The summed E-state index contributed by atoms with van der Waals surface area (Å²) in [6.45, 7) is 0.226. The molecular formula is C16H17NO3. The van der Waals surface area contributed by atoms with Gasteiger partial charge in [-0.15, -0.1) is 0 Å². The van der Waals surface area contributed by atoms with Crippen LogP contribution in [-0.4, -0.2) is 23.7 Å². The molecule has 1 aromatic heterocycles. The second kappa shape index (κ2) is 7.31. The molecule has 4 nitrogen and oxygen atoms in total. The van der Waals surface area contributed by atoms with Gasteiger partial charge in [0.1, 0.15) is 0 Å². The molecule has 1 amide bonds. The normalized spacial score (nSPS) is 12.4. The average molecular weight is 271 g/mol. The van der Waals surface area contributed by atoms with Gasteiger partial charge in [-0.3, -0.25) is 4.79 Å². The third-order valence-electron chi connectivity index (χ3n) is 2.80. The molecule has 104 valence electrons. The third-order valence-corrected chi connectivity index (χ3v) is 2.80. The lowest BCUT2D eigenvalue weighted by Gasteiger charge is -2.10. The summed E-state index contributed by atoms with van der Waals surface area (Å²) in [5, 5.41) is 12.5. The van der Waals surface area contributed by atoms with Crippen molar-refractivity contribution >= 4 is 12.0 Å². The smallest absolute Gasteiger partial charge is 0.244 e. The van der Waals surface area contributed by atoms with E-state index in [-0.39, 0.29) is 12.5 Å². The molecule has 20 heavy (non-hydrogen) atoms. The lowest BCUT2D eigenvalue weighted by atomic mass is 10.1. The fraction of sp³-hybridized carbons (Fsp3) is 0.188. The third kappa shape index (κ3) is 4.74. The van der Waals surface area contributed by atoms with Crippen molar-refractivity contribution in [3.05, 3.63) is 66.1 Å². The van der Waals surface area contributed by atoms with Gasteiger partial charge in [0.05, 0.1) is 18.6 Å². The Morgan fingerprint density at radius 2 is 2.10 bits per heavy atom. The first kappa shape index (κ1) is 14.1. The average Bonchev–Trinajstić information content (AvgIpc) is 2.97. The van der Waals surface area contributed by atoms with Crippen LogP contribution in [-0.2, 0) is 11.2 Å². The van der Waals surface area contributed by atoms with Gasteiger partial charge in [-0.05, 0) is 17.7 Å². The summed E-state index contributed by atoms with van der Waals surface area (Å²) in [5.74, 6) is -0.238. The van der Waals surface area contributed by atoms with Gasteiger partial charge in [0.25, 0.3) is 0 Å². The number of amides is 1. The summed E-state index contributed by atoms with van der Waals surface area (Å²) in [7, 11) is 0. The van der Waals surface area contributed by atoms with Crippen molar-refractivity contribution in [1.29, 1.82) is 0 Å². The molecule has 0 saturated heterocycles. The standard InChI is InChI=1S/C16H17NO3/c18-15(10-13-4-2-1-3-5-13)11-17-16(19)7-6-14-8-9-20-12-14/h1-9,12,15,18H,10-11H2,(H,17,19). The monoisotopic (exact) mass is 271 g/mol. The van der Waals surface area contributed by atoms with Crippen molar-refractivity contribution in [2.24, 2.45) is 0 Å². The molecule has 1 heterocycles. The van der Waals surface area contributed by atoms with E-state index in [0.29, 0.717) is 6.42 Å². The van der Waals surface area contributed by atoms with Crippen molar-refractivity contribution in [1.82, 2.24) is 5.32 Å². The molecule has 4 heteroatoms. The van der Waals surface area contributed by atoms with Gasteiger partial charge in [-0.2, -0.15) is 0 Å². The van der Waals surface area contributed by atoms with Crippen molar-refractivity contribution in [2.45, 2.75) is 12.5 Å². The van der Waals surface area contributed by atoms with Crippen molar-refractivity contribution < 1.29 is 14.3 Å². The largest absolute Gasteiger partial charge is 0.472 e. The maximum Gasteiger partial charge on any atom is 0.244 e. The van der Waals surface area contributed by atoms with E-state index in [9.17, 15) is 9.90 Å². The Balaban J connectivity index is 1.73. The molecule has 0 spiro atoms. The molecular weight excluding hydrogens is 254 g/mol. The molecule has 0 aliphatic rings. The summed E-state index contributed by atoms with van der Waals surface area (Å²) in [4.78, 5) is 11.6. The minimum absolute atomic E-state index is 0.226. The molecule has 2 N–H and O–H groups in total. The van der Waals surface area contributed by atoms with Crippen LogP contribution in [0.5, 0.6) is 0 Å². The van der Waals surface area contributed by atoms with Gasteiger partial charge in [0.2, 0.25) is 5.91 Å². The van der Waals surface area contributed by atoms with Crippen LogP contribution in [0.4, 0.5) is 0 Å². The van der Waals surface area contributed by atoms with Crippen LogP contribution in [0.25, 0.3) is 6.08 Å². The Bertz CT molecular complexity index is 546. The number of aliphatic hydroxyl groups excluding tert-OH is 1. The summed E-state index contributed by atoms with van der Waals surface area (Å²) in [6.07, 6.45) is 6.09. The van der Waals surface area contributed by atoms with Crippen LogP contribution in [0.15, 0.2) is 59.4 Å². The molecule has 0 saturated carbocycles. The summed E-state index contributed by atoms with van der Waals surface area (Å²) in [6, 6.07) is 11.4. The van der Waals surface area contributed by atoms with E-state index in [1.54, 1.807) is 24.7 Å². The fourth-order valence-electron chi connectivity index (χ4n) is 1.78. The van der Waals surface area contributed by atoms with Crippen LogP contribution in [0.1, 0.15) is 11.1 Å². The van der Waals surface area contributed by atoms with E-state index in [1.165, 1.54) is 6.08 Å². The molecule has 1 unspecified atom stereocenters. The van der Waals surface area contributed by atoms with E-state index in [0.717, 1.165) is 11.1 Å². The molecule has 2 rings (SSSR count). The van der Waals surface area contributed by atoms with Crippen LogP contribution < -0.4 is 5.32 Å². The molecule has 0 aliphatic heterocycles. The highest BCUT2D eigenvalue weighted by Gasteiger charge is 2.06. The SMILES string of the molecule is O=C(C=Cc1ccoc1)NCC(O)Cc1ccccc1. The minimum Gasteiger partial charge on any atom is -0.472 e. The van der Waals surface area contributed by atoms with Gasteiger partial charge in [-0.1, -0.05) is 30.3 Å². The summed E-state index contributed by atoms with van der Waals surface area (Å²) >= 11 is 0. The van der Waals surface area contributed by atoms with Gasteiger partial charge < -0.3 is 14.8 Å². The van der Waals surface area contributed by atoms with Crippen LogP contribution in [0.2, 0.25) is 0 Å². The highest BCUT2D eigenvalue weighted by Crippen LogP contribution is 2.03. The van der Waals surface area contributed by atoms with Crippen LogP contribution in [0, 0.1) is 0 Å². The van der Waals surface area contributed by atoms with Crippen LogP contribution >= 0.6 is 0 Å². The maximum atomic E-state index is 11.6. The van der Waals surface area contributed by atoms with E-state index < -0.39 is 6.10 Å². The minimum atomic E-state index is -0.594. The maximum absolute atomic E-state index is 11.6. The number of hydrogen-bond donors (Lipinski definition) is 2. The Morgan fingerprint density at radius 3 is 2.80 bits per heavy atom. The van der Waals surface area contributed by atoms with Gasteiger partial charge in [0, 0.05) is 24.6 Å². The second-order valence-electron chi connectivity index (χ2n) is 4.48. The molecule has 2 aromatic rings. The number of nitrogens with one attached hydrogen (secondary N) is 1. The Labute approximate surface area is 117 Å². The molecule has 1 aromatic carbocycles. The summed E-state index contributed by atoms with van der Waals surface area (Å²) in [5.41, 5.74) is 1.87. The molecule has 1 atom stereocenters. The Hall–Kier alpha value is -2.33. The van der Waals surface area contributed by atoms with E-state index in [1.807, 2.05) is 30.3 Å². The zero-order valence-electron chi connectivity index (χ0n) is 11.0. The Morgan fingerprint density at radius 1 is 1.30 bits per heavy atom. The lowest BCUT2D eigenvalue weighted by Crippen LogP contribution is -2.32. The van der Waals surface area contributed by atoms with E-state index in [4.69, 9.17) is 4.42 Å². The highest BCUT2D eigenvalue weighted by molar-refractivity contribution is 5.91. The number of rotatable bonds is 6. The second-order valence-corrected chi connectivity index (χ2v) is 4.48. The van der Waals surface area contributed by atoms with Crippen molar-refractivity contribution in [2.75, 3.05) is 6.54 Å².